The molecule has 3 unspecified atom stereocenters. The van der Waals surface area contributed by atoms with Gasteiger partial charge in [0.05, 0.1) is 4.90 Å². The van der Waals surface area contributed by atoms with Crippen molar-refractivity contribution >= 4 is 38.3 Å². The van der Waals surface area contributed by atoms with Crippen molar-refractivity contribution in [2.24, 2.45) is 11.8 Å². The summed E-state index contributed by atoms with van der Waals surface area (Å²) < 4.78 is 31.6. The van der Waals surface area contributed by atoms with E-state index in [1.165, 1.54) is 19.3 Å². The Bertz CT molecular complexity index is 1300. The first-order chi connectivity index (χ1) is 16.9. The van der Waals surface area contributed by atoms with Crippen molar-refractivity contribution in [3.05, 3.63) is 60.1 Å². The van der Waals surface area contributed by atoms with Crippen LogP contribution in [-0.2, 0) is 21.4 Å². The van der Waals surface area contributed by atoms with Crippen LogP contribution >= 0.6 is 11.6 Å². The Kier molecular flexibility index (Phi) is 7.14. The molecule has 1 amide bonds. The summed E-state index contributed by atoms with van der Waals surface area (Å²) in [5.74, 6) is 1.04. The largest absolute Gasteiger partial charge is 0.341 e. The number of piperidine rings is 1. The van der Waals surface area contributed by atoms with E-state index in [-0.39, 0.29) is 17.2 Å². The molecule has 1 saturated carbocycles. The standard InChI is InChI=1S/C26H31ClN4O3S/c27-26-28-14-17-30(26)16-13-23(25(32)31-15-12-19-6-1-2-8-21(19)18-31)29-35(33,34)24-11-5-9-20-7-3-4-10-22(20)24/h3-5,7,9-11,14,17,19,21,23,29H,1-2,6,8,12-13,15-16,18H2. The van der Waals surface area contributed by atoms with E-state index >= 15 is 0 Å². The van der Waals surface area contributed by atoms with E-state index in [9.17, 15) is 13.2 Å². The molecule has 2 heterocycles. The van der Waals surface area contributed by atoms with Gasteiger partial charge < -0.3 is 9.47 Å². The summed E-state index contributed by atoms with van der Waals surface area (Å²) in [4.78, 5) is 19.8. The Morgan fingerprint density at radius 3 is 2.66 bits per heavy atom. The third-order valence-electron chi connectivity index (χ3n) is 7.56. The summed E-state index contributed by atoms with van der Waals surface area (Å²) in [6.45, 7) is 1.77. The number of fused-ring (bicyclic) bond motifs is 2. The zero-order valence-electron chi connectivity index (χ0n) is 19.6. The van der Waals surface area contributed by atoms with E-state index in [4.69, 9.17) is 11.6 Å². The fourth-order valence-electron chi connectivity index (χ4n) is 5.68. The molecule has 1 aliphatic heterocycles. The molecular weight excluding hydrogens is 484 g/mol. The molecule has 2 aliphatic rings. The molecule has 0 radical (unpaired) electrons. The highest BCUT2D eigenvalue weighted by molar-refractivity contribution is 7.89. The van der Waals surface area contributed by atoms with Gasteiger partial charge in [0, 0.05) is 37.4 Å². The summed E-state index contributed by atoms with van der Waals surface area (Å²) >= 11 is 6.14. The van der Waals surface area contributed by atoms with E-state index in [1.807, 2.05) is 29.2 Å². The number of hydrogen-bond acceptors (Lipinski definition) is 4. The van der Waals surface area contributed by atoms with Crippen molar-refractivity contribution in [3.8, 4) is 0 Å². The number of nitrogens with zero attached hydrogens (tertiary/aromatic N) is 3. The number of benzene rings is 2. The predicted octanol–water partition coefficient (Wildman–Crippen LogP) is 4.47. The highest BCUT2D eigenvalue weighted by Crippen LogP contribution is 2.36. The number of nitrogens with one attached hydrogen (secondary N) is 1. The number of aryl methyl sites for hydroxylation is 1. The highest BCUT2D eigenvalue weighted by Gasteiger charge is 2.36. The molecule has 186 valence electrons. The van der Waals surface area contributed by atoms with Gasteiger partial charge in [0.25, 0.3) is 0 Å². The van der Waals surface area contributed by atoms with Crippen molar-refractivity contribution < 1.29 is 13.2 Å². The fraction of sp³-hybridized carbons (Fsp3) is 0.462. The van der Waals surface area contributed by atoms with Gasteiger partial charge in [-0.15, -0.1) is 0 Å². The second kappa shape index (κ2) is 10.3. The molecular formula is C26H31ClN4O3S. The minimum Gasteiger partial charge on any atom is -0.341 e. The van der Waals surface area contributed by atoms with Crippen molar-refractivity contribution in [3.63, 3.8) is 0 Å². The summed E-state index contributed by atoms with van der Waals surface area (Å²) in [6.07, 6.45) is 9.46. The average Bonchev–Trinajstić information content (AvgIpc) is 3.29. The normalized spacial score (nSPS) is 21.6. The van der Waals surface area contributed by atoms with Crippen molar-refractivity contribution in [2.45, 2.75) is 56.0 Å². The molecule has 9 heteroatoms. The molecule has 1 saturated heterocycles. The van der Waals surface area contributed by atoms with Gasteiger partial charge in [-0.05, 0) is 54.2 Å². The SMILES string of the molecule is O=C(C(CCn1ccnc1Cl)NS(=O)(=O)c1cccc2ccccc12)N1CCC2CCCCC2C1. The first kappa shape index (κ1) is 24.3. The molecule has 1 N–H and O–H groups in total. The number of sulfonamides is 1. The van der Waals surface area contributed by atoms with Crippen molar-refractivity contribution in [1.29, 1.82) is 0 Å². The molecule has 35 heavy (non-hydrogen) atoms. The number of imidazole rings is 1. The van der Waals surface area contributed by atoms with E-state index < -0.39 is 16.1 Å². The van der Waals surface area contributed by atoms with E-state index in [2.05, 4.69) is 9.71 Å². The molecule has 2 fully saturated rings. The number of halogens is 1. The van der Waals surface area contributed by atoms with Crippen LogP contribution in [0.5, 0.6) is 0 Å². The number of amides is 1. The summed E-state index contributed by atoms with van der Waals surface area (Å²) in [5.41, 5.74) is 0. The summed E-state index contributed by atoms with van der Waals surface area (Å²) in [6, 6.07) is 11.7. The molecule has 5 rings (SSSR count). The Balaban J connectivity index is 1.40. The second-order valence-electron chi connectivity index (χ2n) is 9.71. The maximum Gasteiger partial charge on any atom is 0.241 e. The molecule has 0 bridgehead atoms. The van der Waals surface area contributed by atoms with Gasteiger partial charge in [-0.3, -0.25) is 4.79 Å². The van der Waals surface area contributed by atoms with Crippen LogP contribution in [0.15, 0.2) is 59.8 Å². The molecule has 7 nitrogen and oxygen atoms in total. The third kappa shape index (κ3) is 5.25. The quantitative estimate of drug-likeness (QED) is 0.504. The minimum atomic E-state index is -3.95. The molecule has 1 aliphatic carbocycles. The lowest BCUT2D eigenvalue weighted by Gasteiger charge is -2.42. The number of carbonyl (C=O) groups is 1. The van der Waals surface area contributed by atoms with Crippen LogP contribution in [0.3, 0.4) is 0 Å². The van der Waals surface area contributed by atoms with Gasteiger partial charge in [-0.1, -0.05) is 55.7 Å². The zero-order valence-corrected chi connectivity index (χ0v) is 21.2. The lowest BCUT2D eigenvalue weighted by Crippen LogP contribution is -2.53. The number of carbonyl (C=O) groups excluding carboxylic acids is 1. The summed E-state index contributed by atoms with van der Waals surface area (Å²) in [7, 11) is -3.95. The lowest BCUT2D eigenvalue weighted by atomic mass is 9.75. The fourth-order valence-corrected chi connectivity index (χ4v) is 7.33. The van der Waals surface area contributed by atoms with Gasteiger partial charge in [-0.25, -0.2) is 13.4 Å². The van der Waals surface area contributed by atoms with Crippen LogP contribution in [0.1, 0.15) is 38.5 Å². The van der Waals surface area contributed by atoms with Gasteiger partial charge in [-0.2, -0.15) is 4.72 Å². The van der Waals surface area contributed by atoms with Gasteiger partial charge in [0.15, 0.2) is 0 Å². The first-order valence-electron chi connectivity index (χ1n) is 12.4. The lowest BCUT2D eigenvalue weighted by molar-refractivity contribution is -0.136. The van der Waals surface area contributed by atoms with Crippen LogP contribution in [0.25, 0.3) is 10.8 Å². The number of hydrogen-bond donors (Lipinski definition) is 1. The maximum atomic E-state index is 13.7. The van der Waals surface area contributed by atoms with Crippen molar-refractivity contribution in [2.75, 3.05) is 13.1 Å². The molecule has 0 spiro atoms. The Labute approximate surface area is 211 Å². The summed E-state index contributed by atoms with van der Waals surface area (Å²) in [5, 5.41) is 1.79. The van der Waals surface area contributed by atoms with Crippen LogP contribution in [0, 0.1) is 11.8 Å². The van der Waals surface area contributed by atoms with E-state index in [1.54, 1.807) is 35.2 Å². The van der Waals surface area contributed by atoms with E-state index in [0.717, 1.165) is 18.2 Å². The topological polar surface area (TPSA) is 84.3 Å². The zero-order chi connectivity index (χ0) is 24.4. The molecule has 3 aromatic rings. The third-order valence-corrected chi connectivity index (χ3v) is 9.41. The van der Waals surface area contributed by atoms with Gasteiger partial charge in [0.1, 0.15) is 6.04 Å². The maximum absolute atomic E-state index is 13.7. The van der Waals surface area contributed by atoms with E-state index in [0.29, 0.717) is 42.1 Å². The predicted molar refractivity (Wildman–Crippen MR) is 137 cm³/mol. The number of aromatic nitrogens is 2. The Morgan fingerprint density at radius 2 is 1.86 bits per heavy atom. The first-order valence-corrected chi connectivity index (χ1v) is 14.2. The minimum absolute atomic E-state index is 0.158. The van der Waals surface area contributed by atoms with Gasteiger partial charge >= 0.3 is 0 Å². The number of rotatable bonds is 7. The van der Waals surface area contributed by atoms with Crippen LogP contribution < -0.4 is 4.72 Å². The second-order valence-corrected chi connectivity index (χ2v) is 11.7. The monoisotopic (exact) mass is 514 g/mol. The van der Waals surface area contributed by atoms with Crippen molar-refractivity contribution in [1.82, 2.24) is 19.2 Å². The molecule has 3 atom stereocenters. The smallest absolute Gasteiger partial charge is 0.241 e. The Hall–Kier alpha value is -2.42. The Morgan fingerprint density at radius 1 is 1.09 bits per heavy atom. The average molecular weight is 515 g/mol. The molecule has 2 aromatic carbocycles. The number of likely N-dealkylation sites (tertiary alicyclic amines) is 1. The highest BCUT2D eigenvalue weighted by atomic mass is 35.5. The van der Waals surface area contributed by atoms with Crippen LogP contribution in [-0.4, -0.2) is 47.9 Å². The van der Waals surface area contributed by atoms with Crippen LogP contribution in [0.4, 0.5) is 0 Å². The van der Waals surface area contributed by atoms with Crippen LogP contribution in [0.2, 0.25) is 5.28 Å². The van der Waals surface area contributed by atoms with Gasteiger partial charge in [0.2, 0.25) is 21.2 Å². The molecule has 1 aromatic heterocycles.